The highest BCUT2D eigenvalue weighted by atomic mass is 35.5. The van der Waals surface area contributed by atoms with Gasteiger partial charge in [-0.2, -0.15) is 15.0 Å². The van der Waals surface area contributed by atoms with Gasteiger partial charge in [-0.3, -0.25) is 19.2 Å². The Hall–Kier alpha value is -6.07. The Kier molecular flexibility index (Phi) is 51.2. The lowest BCUT2D eigenvalue weighted by molar-refractivity contribution is -0.276. The largest absolute Gasteiger partial charge is 0.462 e. The Balaban J connectivity index is 0.000000479. The summed E-state index contributed by atoms with van der Waals surface area (Å²) in [6, 6.07) is 7.51. The number of ether oxygens (including phenoxy) is 3. The van der Waals surface area contributed by atoms with Gasteiger partial charge < -0.3 is 64.5 Å². The van der Waals surface area contributed by atoms with Crippen molar-refractivity contribution < 1.29 is 86.4 Å². The Morgan fingerprint density at radius 1 is 0.299 bits per heavy atom. The average molecular weight is 2100 g/mol. The van der Waals surface area contributed by atoms with Gasteiger partial charge >= 0.3 is 53.7 Å². The van der Waals surface area contributed by atoms with Gasteiger partial charge in [0, 0.05) is 83.8 Å². The van der Waals surface area contributed by atoms with Gasteiger partial charge in [-0.15, -0.1) is 30.4 Å². The number of nitrogens with zero attached hydrogens (tertiary/aromatic N) is 9. The van der Waals surface area contributed by atoms with Crippen LogP contribution in [0.5, 0.6) is 0 Å². The van der Waals surface area contributed by atoms with Crippen molar-refractivity contribution in [1.29, 1.82) is 0 Å². The van der Waals surface area contributed by atoms with Crippen molar-refractivity contribution in [3.8, 4) is 0 Å². The second-order valence-corrected chi connectivity index (χ2v) is 52.1. The van der Waals surface area contributed by atoms with E-state index in [2.05, 4.69) is 147 Å². The molecule has 6 aliphatic heterocycles. The average Bonchev–Trinajstić information content (AvgIpc) is 0.895. The van der Waals surface area contributed by atoms with Gasteiger partial charge in [0.2, 0.25) is 15.9 Å². The minimum absolute atomic E-state index is 0.000000000000000444. The van der Waals surface area contributed by atoms with Crippen molar-refractivity contribution in [1.82, 2.24) is 66.6 Å². The van der Waals surface area contributed by atoms with Crippen LogP contribution in [0.25, 0.3) is 0 Å². The zero-order valence-corrected chi connectivity index (χ0v) is 99.0. The number of carbonyl (C=O) groups is 9. The molecular formula is C110H196Cl3N13O18. The van der Waals surface area contributed by atoms with Crippen LogP contribution in [0.3, 0.4) is 0 Å². The highest BCUT2D eigenvalue weighted by Gasteiger charge is 2.56. The van der Waals surface area contributed by atoms with Gasteiger partial charge in [0.05, 0.1) is 93.8 Å². The number of nitrogens with one attached hydrogen (secondary N) is 4. The molecule has 1 aromatic carbocycles. The molecular weight excluding hydrogens is 1900 g/mol. The van der Waals surface area contributed by atoms with Crippen LogP contribution in [0.1, 0.15) is 465 Å². The summed E-state index contributed by atoms with van der Waals surface area (Å²) in [5.74, 6) is -2.72. The second kappa shape index (κ2) is 55.8. The first kappa shape index (κ1) is 132. The second-order valence-electron chi connectivity index (χ2n) is 51.1. The molecule has 0 amide bonds. The van der Waals surface area contributed by atoms with E-state index in [1.165, 1.54) is 85.2 Å². The van der Waals surface area contributed by atoms with Crippen molar-refractivity contribution in [2.45, 2.75) is 547 Å². The van der Waals surface area contributed by atoms with Crippen molar-refractivity contribution in [2.75, 3.05) is 32.7 Å². The number of hydrogen-bond donors (Lipinski definition) is 4. The molecule has 6 saturated heterocycles. The van der Waals surface area contributed by atoms with E-state index in [4.69, 9.17) is 78.0 Å². The third-order valence-corrected chi connectivity index (χ3v) is 27.0. The molecule has 0 unspecified atom stereocenters. The van der Waals surface area contributed by atoms with Crippen molar-refractivity contribution in [2.24, 2.45) is 16.2 Å². The lowest BCUT2D eigenvalue weighted by Gasteiger charge is -2.53. The van der Waals surface area contributed by atoms with Crippen LogP contribution in [0.15, 0.2) is 24.3 Å². The number of esters is 3. The molecule has 31 nitrogen and oxygen atoms in total. The molecule has 6 aliphatic rings. The topological polar surface area (TPSA) is 343 Å². The van der Waals surface area contributed by atoms with E-state index < -0.39 is 62.3 Å². The first-order valence-electron chi connectivity index (χ1n) is 53.1. The van der Waals surface area contributed by atoms with Crippen molar-refractivity contribution >= 4 is 88.5 Å². The number of aromatic nitrogens is 3. The van der Waals surface area contributed by atoms with Crippen molar-refractivity contribution in [3.63, 3.8) is 0 Å². The monoisotopic (exact) mass is 2090 g/mol. The van der Waals surface area contributed by atoms with Crippen molar-refractivity contribution in [3.05, 3.63) is 51.2 Å². The van der Waals surface area contributed by atoms with E-state index in [1.807, 2.05) is 161 Å². The van der Waals surface area contributed by atoms with Gasteiger partial charge in [-0.1, -0.05) is 72.6 Å². The van der Waals surface area contributed by atoms with Gasteiger partial charge in [0.1, 0.15) is 18.3 Å². The number of benzene rings is 1. The van der Waals surface area contributed by atoms with E-state index in [1.54, 1.807) is 39.5 Å². The Bertz CT molecular complexity index is 4040. The summed E-state index contributed by atoms with van der Waals surface area (Å²) >= 11 is 16.0. The standard InChI is InChI=1S/C34H66N4O4.C30H44N2O8.C18H36N2O2.C17H31NO4.C8H19N.C3Cl3N3/c1-29(2,3)27(39)41-37-31(7,8)21-25(22-32(37,9)10)35-19-17-15-16-18-20-36-26-23-33(11,12)38(34(13,14)24-26)42-28(40)30(4,5)6;1-19(33)39-31-27(3,4)15-23(16-28(31,5)6)37-25(35)21-11-13-22(14-12-21)26(36)38-24-17-29(7,8)32(40-20(2)34)30(9,10)18-24;1-9-10-11-19-14-12-17(5,6)20(18(7,8)13-14)22-15(21)16(2,3)4;1-7-8-9-10-15(20)21-14-11-16(3,4)18(22-13(2)19)17(5,6)12-14;1-3-5-7-9-8-6-4-2;4-1-7-2(5)9-3(6)8-1/h25-26,35-36H,15-24H2,1-14H3;11-14,23-24H,15-18H2,1-10H3;14,19H,9-13H2,1-8H3;14H,7-12H2,1-6H3;9H,3-8H2,1-2H3;. The van der Waals surface area contributed by atoms with E-state index in [0.29, 0.717) is 74.2 Å². The van der Waals surface area contributed by atoms with Crippen LogP contribution in [0, 0.1) is 16.2 Å². The van der Waals surface area contributed by atoms with Crippen LogP contribution < -0.4 is 21.3 Å². The Morgan fingerprint density at radius 3 is 0.729 bits per heavy atom. The SMILES string of the molecule is CC(=O)ON1C(C)(C)CC(OC(=O)c2ccc(C(=O)OC3CC(C)(C)N(OC(C)=O)C(C)(C)C3)cc2)CC1(C)C.CC(C)(C)C(=O)ON1C(C)(C)CC(NCCCCCCNC2CC(C)(C)N(OC(=O)C(C)(C)C)C(C)(C)C2)CC1(C)C.CCCCCC(=O)OC1CC(C)(C)N(OC(C)=O)C(C)(C)C1.CCCCNC1CC(C)(C)N(OC(=O)C(C)(C)C)C(C)(C)C1.CCCCNCCCC.Clc1nc(Cl)nc(Cl)n1. The zero-order chi connectivity index (χ0) is 111. The minimum Gasteiger partial charge on any atom is -0.462 e. The molecule has 6 fully saturated rings. The molecule has 8 rings (SSSR count). The Morgan fingerprint density at radius 2 is 0.507 bits per heavy atom. The number of halogens is 3. The molecule has 144 heavy (non-hydrogen) atoms. The maximum Gasteiger partial charge on any atom is 0.338 e. The molecule has 34 heteroatoms. The number of unbranched alkanes of at least 4 members (excludes halogenated alkanes) is 8. The third-order valence-electron chi connectivity index (χ3n) is 26.5. The third kappa shape index (κ3) is 44.1. The quantitative estimate of drug-likeness (QED) is 0.0287. The maximum absolute atomic E-state index is 13.0. The Labute approximate surface area is 883 Å². The molecule has 7 heterocycles. The maximum atomic E-state index is 13.0. The van der Waals surface area contributed by atoms with Crippen LogP contribution in [0.2, 0.25) is 15.9 Å². The highest BCUT2D eigenvalue weighted by molar-refractivity contribution is 6.33. The predicted molar refractivity (Wildman–Crippen MR) is 572 cm³/mol. The fraction of sp³-hybridized carbons (Fsp3) is 0.836. The van der Waals surface area contributed by atoms with Crippen LogP contribution in [-0.4, -0.2) is 235 Å². The van der Waals surface area contributed by atoms with Gasteiger partial charge in [0.25, 0.3) is 0 Å². The summed E-state index contributed by atoms with van der Waals surface area (Å²) in [6.45, 7) is 85.2. The lowest BCUT2D eigenvalue weighted by atomic mass is 9.79. The predicted octanol–water partition coefficient (Wildman–Crippen LogP) is 23.3. The van der Waals surface area contributed by atoms with E-state index >= 15 is 0 Å². The summed E-state index contributed by atoms with van der Waals surface area (Å²) < 4.78 is 17.3. The molecule has 0 saturated carbocycles. The van der Waals surface area contributed by atoms with Gasteiger partial charge in [-0.25, -0.2) is 24.0 Å². The first-order valence-corrected chi connectivity index (χ1v) is 54.2. The summed E-state index contributed by atoms with van der Waals surface area (Å²) in [7, 11) is 0. The lowest BCUT2D eigenvalue weighted by Crippen LogP contribution is -2.64. The number of piperidine rings is 6. The summed E-state index contributed by atoms with van der Waals surface area (Å²) in [5.41, 5.74) is -5.07. The zero-order valence-electron chi connectivity index (χ0n) is 96.7. The fourth-order valence-electron chi connectivity index (χ4n) is 21.2. The van der Waals surface area contributed by atoms with E-state index in [-0.39, 0.29) is 108 Å². The minimum atomic E-state index is -0.538. The number of hydrogen-bond acceptors (Lipinski definition) is 31. The number of rotatable bonds is 34. The van der Waals surface area contributed by atoms with Crippen LogP contribution in [-0.2, 0) is 76.8 Å². The van der Waals surface area contributed by atoms with E-state index in [0.717, 1.165) is 90.3 Å². The highest BCUT2D eigenvalue weighted by Crippen LogP contribution is 2.47. The molecule has 4 N–H and O–H groups in total. The van der Waals surface area contributed by atoms with E-state index in [9.17, 15) is 43.2 Å². The molecule has 0 radical (unpaired) electrons. The van der Waals surface area contributed by atoms with Crippen LogP contribution >= 0.6 is 34.8 Å². The summed E-state index contributed by atoms with van der Waals surface area (Å²) in [6.07, 6.45) is 24.1. The summed E-state index contributed by atoms with van der Waals surface area (Å²) in [4.78, 5) is 155. The molecule has 1 aromatic heterocycles. The van der Waals surface area contributed by atoms with Gasteiger partial charge in [-0.05, 0) is 397 Å². The normalized spacial score (nSPS) is 21.1. The molecule has 0 aliphatic carbocycles. The van der Waals surface area contributed by atoms with Gasteiger partial charge in [0.15, 0.2) is 0 Å². The number of carbonyl (C=O) groups excluding carboxylic acids is 9. The molecule has 0 spiro atoms. The molecule has 830 valence electrons. The van der Waals surface area contributed by atoms with Crippen LogP contribution in [0.4, 0.5) is 0 Å². The summed E-state index contributed by atoms with van der Waals surface area (Å²) in [5, 5.41) is 25.6. The first-order chi connectivity index (χ1) is 65.7. The molecule has 2 aromatic rings. The number of hydroxylamine groups is 12. The fourth-order valence-corrected chi connectivity index (χ4v) is 21.8. The smallest absolute Gasteiger partial charge is 0.338 e. The molecule has 0 atom stereocenters. The molecule has 0 bridgehead atoms.